The molecule has 4 aromatic heterocycles. The normalized spacial score (nSPS) is 11.5. The minimum absolute atomic E-state index is 0.273. The summed E-state index contributed by atoms with van der Waals surface area (Å²) in [5.41, 5.74) is 1.99. The van der Waals surface area contributed by atoms with Crippen LogP contribution < -0.4 is 11.2 Å². The third-order valence-electron chi connectivity index (χ3n) is 5.63. The zero-order valence-electron chi connectivity index (χ0n) is 19.2. The maximum atomic E-state index is 13.0. The number of hydrogen-bond donors (Lipinski definition) is 2. The number of nitrogens with zero attached hydrogens (tertiary/aromatic N) is 6. The van der Waals surface area contributed by atoms with Crippen LogP contribution in [0.15, 0.2) is 44.6 Å². The van der Waals surface area contributed by atoms with Gasteiger partial charge in [0.15, 0.2) is 5.65 Å². The summed E-state index contributed by atoms with van der Waals surface area (Å²) in [7, 11) is 0. The van der Waals surface area contributed by atoms with E-state index in [-0.39, 0.29) is 23.2 Å². The van der Waals surface area contributed by atoms with Gasteiger partial charge in [0.1, 0.15) is 11.3 Å². The molecule has 0 radical (unpaired) electrons. The van der Waals surface area contributed by atoms with Gasteiger partial charge in [-0.15, -0.1) is 0 Å². The molecule has 0 saturated heterocycles. The topological polar surface area (TPSA) is 140 Å². The Labute approximate surface area is 203 Å². The molecule has 0 unspecified atom stereocenters. The van der Waals surface area contributed by atoms with E-state index in [1.807, 2.05) is 26.0 Å². The fourth-order valence-corrected chi connectivity index (χ4v) is 4.11. The molecule has 0 bridgehead atoms. The summed E-state index contributed by atoms with van der Waals surface area (Å²) < 4.78 is 8.23. The number of rotatable bonds is 8. The number of fused-ring (bicyclic) bond motifs is 1. The predicted octanol–water partition coefficient (Wildman–Crippen LogP) is 3.39. The lowest BCUT2D eigenvalue weighted by Crippen LogP contribution is -2.40. The molecule has 2 N–H and O–H groups in total. The van der Waals surface area contributed by atoms with Crippen molar-refractivity contribution in [1.29, 1.82) is 0 Å². The van der Waals surface area contributed by atoms with Crippen LogP contribution in [0.4, 0.5) is 0 Å². The van der Waals surface area contributed by atoms with E-state index in [2.05, 4.69) is 30.3 Å². The Morgan fingerprint density at radius 3 is 2.51 bits per heavy atom. The lowest BCUT2D eigenvalue weighted by molar-refractivity contribution is 0.385. The lowest BCUT2D eigenvalue weighted by Gasteiger charge is -2.09. The number of hydrogen-bond acceptors (Lipinski definition) is 7. The Balaban J connectivity index is 1.52. The largest absolute Gasteiger partial charge is 0.339 e. The van der Waals surface area contributed by atoms with Crippen molar-refractivity contribution in [3.05, 3.63) is 67.9 Å². The zero-order chi connectivity index (χ0) is 24.5. The van der Waals surface area contributed by atoms with E-state index in [9.17, 15) is 9.59 Å². The SMILES string of the molecule is CCCn1c(=O)c2[nH]c(-c3cn[nH]c3Cc3nc(-c4ccc(Cl)cc4)no3)nc2n(CCC)c1=O. The Bertz CT molecular complexity index is 1610. The molecule has 4 heterocycles. The molecule has 0 fully saturated rings. The second-order valence-electron chi connectivity index (χ2n) is 8.13. The molecule has 35 heavy (non-hydrogen) atoms. The molecule has 5 rings (SSSR count). The van der Waals surface area contributed by atoms with Gasteiger partial charge >= 0.3 is 5.69 Å². The standard InChI is InChI=1S/C23H23ClN8O3/c1-3-9-31-21-18(22(33)32(10-4-2)23(31)34)27-20(28-21)15-12-25-29-16(15)11-17-26-19(30-35-17)13-5-7-14(24)8-6-13/h5-8,12H,3-4,9-11H2,1-2H3,(H,25,29)(H,27,28). The third-order valence-corrected chi connectivity index (χ3v) is 5.88. The van der Waals surface area contributed by atoms with E-state index < -0.39 is 0 Å². The van der Waals surface area contributed by atoms with Gasteiger partial charge in [0.2, 0.25) is 11.7 Å². The molecule has 5 aromatic rings. The van der Waals surface area contributed by atoms with Gasteiger partial charge in [-0.2, -0.15) is 10.1 Å². The van der Waals surface area contributed by atoms with Crippen LogP contribution in [0.5, 0.6) is 0 Å². The van der Waals surface area contributed by atoms with Gasteiger partial charge in [0.05, 0.1) is 23.9 Å². The predicted molar refractivity (Wildman–Crippen MR) is 130 cm³/mol. The molecule has 0 spiro atoms. The first kappa shape index (κ1) is 22.8. The number of aromatic nitrogens is 8. The highest BCUT2D eigenvalue weighted by Gasteiger charge is 2.20. The quantitative estimate of drug-likeness (QED) is 0.337. The van der Waals surface area contributed by atoms with Crippen LogP contribution >= 0.6 is 11.6 Å². The summed E-state index contributed by atoms with van der Waals surface area (Å²) >= 11 is 5.95. The average molecular weight is 495 g/mol. The minimum Gasteiger partial charge on any atom is -0.339 e. The molecule has 0 aliphatic heterocycles. The van der Waals surface area contributed by atoms with Gasteiger partial charge < -0.3 is 9.51 Å². The molecular weight excluding hydrogens is 472 g/mol. The summed E-state index contributed by atoms with van der Waals surface area (Å²) in [6.07, 6.45) is 3.28. The Hall–Kier alpha value is -3.99. The summed E-state index contributed by atoms with van der Waals surface area (Å²) in [6.45, 7) is 4.69. The van der Waals surface area contributed by atoms with Gasteiger partial charge in [0, 0.05) is 23.7 Å². The number of benzene rings is 1. The van der Waals surface area contributed by atoms with Crippen molar-refractivity contribution in [2.75, 3.05) is 0 Å². The molecule has 0 saturated carbocycles. The summed E-state index contributed by atoms with van der Waals surface area (Å²) in [6, 6.07) is 7.14. The van der Waals surface area contributed by atoms with Crippen LogP contribution in [-0.4, -0.2) is 39.4 Å². The highest BCUT2D eigenvalue weighted by molar-refractivity contribution is 6.30. The number of halogens is 1. The number of H-pyrrole nitrogens is 2. The van der Waals surface area contributed by atoms with E-state index in [0.29, 0.717) is 59.0 Å². The summed E-state index contributed by atoms with van der Waals surface area (Å²) in [5.74, 6) is 1.25. The van der Waals surface area contributed by atoms with E-state index in [1.165, 1.54) is 4.57 Å². The van der Waals surface area contributed by atoms with Gasteiger partial charge in [0.25, 0.3) is 5.56 Å². The average Bonchev–Trinajstić information content (AvgIpc) is 3.60. The molecule has 12 heteroatoms. The Kier molecular flexibility index (Phi) is 6.08. The summed E-state index contributed by atoms with van der Waals surface area (Å²) in [4.78, 5) is 38.2. The van der Waals surface area contributed by atoms with Crippen LogP contribution in [0.1, 0.15) is 38.3 Å². The van der Waals surface area contributed by atoms with Crippen LogP contribution in [0.3, 0.4) is 0 Å². The van der Waals surface area contributed by atoms with Crippen molar-refractivity contribution in [1.82, 2.24) is 39.4 Å². The second kappa shape index (κ2) is 9.34. The van der Waals surface area contributed by atoms with Gasteiger partial charge in [-0.25, -0.2) is 9.78 Å². The summed E-state index contributed by atoms with van der Waals surface area (Å²) in [5, 5.41) is 11.8. The third kappa shape index (κ3) is 4.18. The highest BCUT2D eigenvalue weighted by Crippen LogP contribution is 2.24. The molecule has 11 nitrogen and oxygen atoms in total. The van der Waals surface area contributed by atoms with E-state index in [0.717, 1.165) is 12.0 Å². The molecular formula is C23H23ClN8O3. The maximum absolute atomic E-state index is 13.0. The van der Waals surface area contributed by atoms with E-state index in [1.54, 1.807) is 22.9 Å². The molecule has 0 amide bonds. The fraction of sp³-hybridized carbons (Fsp3) is 0.304. The maximum Gasteiger partial charge on any atom is 0.332 e. The van der Waals surface area contributed by atoms with Crippen LogP contribution in [0, 0.1) is 0 Å². The highest BCUT2D eigenvalue weighted by atomic mass is 35.5. The minimum atomic E-state index is -0.382. The van der Waals surface area contributed by atoms with Crippen molar-refractivity contribution in [3.8, 4) is 22.8 Å². The van der Waals surface area contributed by atoms with E-state index in [4.69, 9.17) is 16.1 Å². The molecule has 1 aromatic carbocycles. The zero-order valence-corrected chi connectivity index (χ0v) is 20.0. The molecule has 0 aliphatic rings. The first-order valence-corrected chi connectivity index (χ1v) is 11.7. The number of aryl methyl sites for hydroxylation is 1. The van der Waals surface area contributed by atoms with Crippen molar-refractivity contribution < 1.29 is 4.52 Å². The van der Waals surface area contributed by atoms with Gasteiger partial charge in [-0.05, 0) is 37.1 Å². The first-order valence-electron chi connectivity index (χ1n) is 11.3. The smallest absolute Gasteiger partial charge is 0.332 e. The van der Waals surface area contributed by atoms with Crippen LogP contribution in [-0.2, 0) is 19.5 Å². The van der Waals surface area contributed by atoms with Crippen LogP contribution in [0.2, 0.25) is 5.02 Å². The molecule has 180 valence electrons. The second-order valence-corrected chi connectivity index (χ2v) is 8.57. The van der Waals surface area contributed by atoms with Gasteiger partial charge in [-0.3, -0.25) is 19.0 Å². The molecule has 0 aliphatic carbocycles. The van der Waals surface area contributed by atoms with Crippen molar-refractivity contribution >= 4 is 22.8 Å². The number of aromatic amines is 2. The molecule has 0 atom stereocenters. The van der Waals surface area contributed by atoms with Crippen molar-refractivity contribution in [3.63, 3.8) is 0 Å². The Morgan fingerprint density at radius 2 is 1.77 bits per heavy atom. The fourth-order valence-electron chi connectivity index (χ4n) is 3.99. The Morgan fingerprint density at radius 1 is 1.03 bits per heavy atom. The number of imidazole rings is 1. The monoisotopic (exact) mass is 494 g/mol. The first-order chi connectivity index (χ1) is 17.0. The van der Waals surface area contributed by atoms with Crippen molar-refractivity contribution in [2.45, 2.75) is 46.2 Å². The lowest BCUT2D eigenvalue weighted by atomic mass is 10.2. The van der Waals surface area contributed by atoms with E-state index >= 15 is 0 Å². The van der Waals surface area contributed by atoms with Crippen LogP contribution in [0.25, 0.3) is 33.9 Å². The number of nitrogens with one attached hydrogen (secondary N) is 2. The van der Waals surface area contributed by atoms with Gasteiger partial charge in [-0.1, -0.05) is 30.6 Å². The van der Waals surface area contributed by atoms with Crippen molar-refractivity contribution in [2.24, 2.45) is 0 Å².